The predicted molar refractivity (Wildman–Crippen MR) is 61.6 cm³/mol. The highest BCUT2D eigenvalue weighted by atomic mass is 16.5. The average molecular weight is 230 g/mol. The molecule has 0 saturated carbocycles. The molecule has 0 radical (unpaired) electrons. The van der Waals surface area contributed by atoms with Crippen molar-refractivity contribution in [2.75, 3.05) is 7.11 Å². The number of hydrogen-bond acceptors (Lipinski definition) is 4. The lowest BCUT2D eigenvalue weighted by Gasteiger charge is -2.23. The molecule has 0 aromatic rings. The molecule has 5 heteroatoms. The van der Waals surface area contributed by atoms with Crippen LogP contribution in [-0.4, -0.2) is 31.1 Å². The van der Waals surface area contributed by atoms with E-state index in [-0.39, 0.29) is 23.8 Å². The molecule has 0 aromatic heterocycles. The number of rotatable bonds is 5. The summed E-state index contributed by atoms with van der Waals surface area (Å²) in [4.78, 5) is 23.1. The van der Waals surface area contributed by atoms with Crippen LogP contribution in [-0.2, 0) is 14.3 Å². The van der Waals surface area contributed by atoms with E-state index >= 15 is 0 Å². The Labute approximate surface area is 96.7 Å². The molecule has 0 aliphatic heterocycles. The van der Waals surface area contributed by atoms with Gasteiger partial charge in [0.1, 0.15) is 6.04 Å². The number of carbonyl (C=O) groups excluding carboxylic acids is 2. The zero-order chi connectivity index (χ0) is 12.9. The van der Waals surface area contributed by atoms with E-state index in [0.29, 0.717) is 0 Å². The first-order valence-corrected chi connectivity index (χ1v) is 5.45. The van der Waals surface area contributed by atoms with Crippen molar-refractivity contribution in [3.63, 3.8) is 0 Å². The second kappa shape index (κ2) is 6.48. The molecule has 3 atom stereocenters. The van der Waals surface area contributed by atoms with E-state index < -0.39 is 12.0 Å². The summed E-state index contributed by atoms with van der Waals surface area (Å²) >= 11 is 0. The molecule has 0 spiro atoms. The third-order valence-corrected chi connectivity index (χ3v) is 2.62. The average Bonchev–Trinajstić information content (AvgIpc) is 2.22. The predicted octanol–water partition coefficient (Wildman–Crippen LogP) is 0.284. The van der Waals surface area contributed by atoms with Crippen molar-refractivity contribution in [1.29, 1.82) is 0 Å². The number of nitrogens with one attached hydrogen (secondary N) is 1. The van der Waals surface area contributed by atoms with Crippen LogP contribution in [0.2, 0.25) is 0 Å². The fourth-order valence-corrected chi connectivity index (χ4v) is 1.15. The maximum absolute atomic E-state index is 11.7. The zero-order valence-corrected chi connectivity index (χ0v) is 10.6. The maximum Gasteiger partial charge on any atom is 0.328 e. The number of esters is 1. The highest BCUT2D eigenvalue weighted by Gasteiger charge is 2.27. The molecule has 5 nitrogen and oxygen atoms in total. The van der Waals surface area contributed by atoms with E-state index in [0.717, 1.165) is 0 Å². The van der Waals surface area contributed by atoms with E-state index in [1.54, 1.807) is 13.8 Å². The highest BCUT2D eigenvalue weighted by Crippen LogP contribution is 2.06. The van der Waals surface area contributed by atoms with Gasteiger partial charge in [-0.15, -0.1) is 0 Å². The Morgan fingerprint density at radius 3 is 2.00 bits per heavy atom. The monoisotopic (exact) mass is 230 g/mol. The number of hydrogen-bond donors (Lipinski definition) is 2. The summed E-state index contributed by atoms with van der Waals surface area (Å²) in [5.41, 5.74) is 5.62. The molecule has 1 amide bonds. The van der Waals surface area contributed by atoms with Crippen molar-refractivity contribution in [1.82, 2.24) is 5.32 Å². The Morgan fingerprint density at radius 2 is 1.69 bits per heavy atom. The SMILES string of the molecule is COC(=O)C(NC(=O)C(C)C(C)N)C(C)C. The highest BCUT2D eigenvalue weighted by molar-refractivity contribution is 5.86. The minimum absolute atomic E-state index is 0.0170. The van der Waals surface area contributed by atoms with Crippen molar-refractivity contribution in [2.45, 2.75) is 39.8 Å². The number of methoxy groups -OCH3 is 1. The zero-order valence-electron chi connectivity index (χ0n) is 10.6. The van der Waals surface area contributed by atoms with Gasteiger partial charge in [-0.2, -0.15) is 0 Å². The summed E-state index contributed by atoms with van der Waals surface area (Å²) in [5, 5.41) is 2.65. The molecule has 0 saturated heterocycles. The van der Waals surface area contributed by atoms with Gasteiger partial charge in [0.2, 0.25) is 5.91 Å². The third-order valence-electron chi connectivity index (χ3n) is 2.62. The number of carbonyl (C=O) groups is 2. The molecule has 0 aliphatic rings. The molecule has 0 aliphatic carbocycles. The van der Waals surface area contributed by atoms with Crippen molar-refractivity contribution in [3.05, 3.63) is 0 Å². The van der Waals surface area contributed by atoms with Gasteiger partial charge < -0.3 is 15.8 Å². The first-order chi connectivity index (χ1) is 7.31. The Morgan fingerprint density at radius 1 is 1.19 bits per heavy atom. The molecular formula is C11H22N2O3. The van der Waals surface area contributed by atoms with E-state index in [1.807, 2.05) is 13.8 Å². The molecule has 0 fully saturated rings. The van der Waals surface area contributed by atoms with Gasteiger partial charge in [-0.05, 0) is 12.8 Å². The van der Waals surface area contributed by atoms with Gasteiger partial charge in [-0.25, -0.2) is 4.79 Å². The van der Waals surface area contributed by atoms with Crippen molar-refractivity contribution < 1.29 is 14.3 Å². The van der Waals surface area contributed by atoms with Crippen LogP contribution in [0.25, 0.3) is 0 Å². The van der Waals surface area contributed by atoms with Crippen molar-refractivity contribution in [3.8, 4) is 0 Å². The normalized spacial score (nSPS) is 16.4. The van der Waals surface area contributed by atoms with Gasteiger partial charge in [-0.3, -0.25) is 4.79 Å². The Bertz CT molecular complexity index is 252. The van der Waals surface area contributed by atoms with Crippen molar-refractivity contribution >= 4 is 11.9 Å². The second-order valence-electron chi connectivity index (χ2n) is 4.40. The summed E-state index contributed by atoms with van der Waals surface area (Å²) in [6.07, 6.45) is 0. The maximum atomic E-state index is 11.7. The lowest BCUT2D eigenvalue weighted by Crippen LogP contribution is -2.49. The summed E-state index contributed by atoms with van der Waals surface area (Å²) in [5.74, 6) is -0.998. The topological polar surface area (TPSA) is 81.4 Å². The first-order valence-electron chi connectivity index (χ1n) is 5.45. The van der Waals surface area contributed by atoms with Crippen molar-refractivity contribution in [2.24, 2.45) is 17.6 Å². The lowest BCUT2D eigenvalue weighted by molar-refractivity contribution is -0.146. The fourth-order valence-electron chi connectivity index (χ4n) is 1.15. The van der Waals surface area contributed by atoms with E-state index in [4.69, 9.17) is 5.73 Å². The molecule has 0 bridgehead atoms. The van der Waals surface area contributed by atoms with Crippen LogP contribution in [0.15, 0.2) is 0 Å². The molecule has 94 valence electrons. The van der Waals surface area contributed by atoms with E-state index in [2.05, 4.69) is 10.1 Å². The summed E-state index contributed by atoms with van der Waals surface area (Å²) in [7, 11) is 1.30. The van der Waals surface area contributed by atoms with Crippen LogP contribution in [0.4, 0.5) is 0 Å². The van der Waals surface area contributed by atoms with Gasteiger partial charge >= 0.3 is 5.97 Å². The minimum atomic E-state index is -0.612. The van der Waals surface area contributed by atoms with Crippen LogP contribution >= 0.6 is 0 Å². The lowest BCUT2D eigenvalue weighted by atomic mass is 10.0. The second-order valence-corrected chi connectivity index (χ2v) is 4.40. The Kier molecular flexibility index (Phi) is 6.03. The van der Waals surface area contributed by atoms with E-state index in [9.17, 15) is 9.59 Å². The number of nitrogens with two attached hydrogens (primary N) is 1. The van der Waals surface area contributed by atoms with Gasteiger partial charge in [0.25, 0.3) is 0 Å². The summed E-state index contributed by atoms with van der Waals surface area (Å²) in [6, 6.07) is -0.857. The molecule has 0 aromatic carbocycles. The smallest absolute Gasteiger partial charge is 0.328 e. The van der Waals surface area contributed by atoms with Gasteiger partial charge in [0, 0.05) is 12.0 Å². The Balaban J connectivity index is 4.53. The molecule has 3 N–H and O–H groups in total. The van der Waals surface area contributed by atoms with Crippen LogP contribution < -0.4 is 11.1 Å². The van der Waals surface area contributed by atoms with Crippen LogP contribution in [0.5, 0.6) is 0 Å². The van der Waals surface area contributed by atoms with Gasteiger partial charge in [0.15, 0.2) is 0 Å². The quantitative estimate of drug-likeness (QED) is 0.665. The summed E-state index contributed by atoms with van der Waals surface area (Å²) in [6.45, 7) is 7.18. The standard InChI is InChI=1S/C11H22N2O3/c1-6(2)9(11(15)16-5)13-10(14)7(3)8(4)12/h6-9H,12H2,1-5H3,(H,13,14). The summed E-state index contributed by atoms with van der Waals surface area (Å²) < 4.78 is 4.63. The van der Waals surface area contributed by atoms with Gasteiger partial charge in [-0.1, -0.05) is 20.8 Å². The van der Waals surface area contributed by atoms with E-state index in [1.165, 1.54) is 7.11 Å². The Hall–Kier alpha value is -1.10. The largest absolute Gasteiger partial charge is 0.467 e. The minimum Gasteiger partial charge on any atom is -0.467 e. The third kappa shape index (κ3) is 4.18. The molecular weight excluding hydrogens is 208 g/mol. The van der Waals surface area contributed by atoms with Crippen LogP contribution in [0.1, 0.15) is 27.7 Å². The fraction of sp³-hybridized carbons (Fsp3) is 0.818. The van der Waals surface area contributed by atoms with Crippen LogP contribution in [0.3, 0.4) is 0 Å². The molecule has 0 rings (SSSR count). The molecule has 0 heterocycles. The number of ether oxygens (including phenoxy) is 1. The molecule has 3 unspecified atom stereocenters. The molecule has 16 heavy (non-hydrogen) atoms. The number of amides is 1. The van der Waals surface area contributed by atoms with Crippen LogP contribution in [0, 0.1) is 11.8 Å². The first kappa shape index (κ1) is 14.9. The van der Waals surface area contributed by atoms with Gasteiger partial charge in [0.05, 0.1) is 7.11 Å².